The van der Waals surface area contributed by atoms with Crippen LogP contribution in [0.3, 0.4) is 0 Å². The highest BCUT2D eigenvalue weighted by atomic mass is 32.2. The lowest BCUT2D eigenvalue weighted by Crippen LogP contribution is -2.30. The van der Waals surface area contributed by atoms with Crippen molar-refractivity contribution in [3.63, 3.8) is 0 Å². The molecule has 2 aromatic carbocycles. The first-order valence-corrected chi connectivity index (χ1v) is 10.7. The minimum absolute atomic E-state index is 0.0670. The Bertz CT molecular complexity index is 1020. The van der Waals surface area contributed by atoms with Crippen LogP contribution < -0.4 is 5.32 Å². The van der Waals surface area contributed by atoms with E-state index in [-0.39, 0.29) is 11.8 Å². The van der Waals surface area contributed by atoms with Gasteiger partial charge in [0.2, 0.25) is 21.6 Å². The van der Waals surface area contributed by atoms with Gasteiger partial charge >= 0.3 is 5.22 Å². The second kappa shape index (κ2) is 8.79. The number of hydrogen-bond donors (Lipinski definition) is 1. The van der Waals surface area contributed by atoms with Crippen LogP contribution in [0.5, 0.6) is 0 Å². The van der Waals surface area contributed by atoms with Gasteiger partial charge in [-0.1, -0.05) is 65.8 Å². The fraction of sp³-hybridized carbons (Fsp3) is 0.250. The molecule has 3 rings (SSSR count). The average molecular weight is 399 g/mol. The van der Waals surface area contributed by atoms with Crippen molar-refractivity contribution in [1.82, 2.24) is 15.5 Å². The van der Waals surface area contributed by atoms with E-state index in [9.17, 15) is 13.2 Å². The third-order valence-electron chi connectivity index (χ3n) is 4.14. The summed E-state index contributed by atoms with van der Waals surface area (Å²) in [4.78, 5) is 12.5. The van der Waals surface area contributed by atoms with Gasteiger partial charge in [0, 0.05) is 19.1 Å². The molecule has 0 bridgehead atoms. The minimum atomic E-state index is -3.62. The number of benzene rings is 2. The first kappa shape index (κ1) is 19.8. The van der Waals surface area contributed by atoms with Crippen molar-refractivity contribution < 1.29 is 17.6 Å². The number of aromatic nitrogens is 2. The third-order valence-corrected chi connectivity index (χ3v) is 4.94. The first-order valence-electron chi connectivity index (χ1n) is 8.82. The Hall–Kier alpha value is -3.00. The highest BCUT2D eigenvalue weighted by molar-refractivity contribution is 7.90. The van der Waals surface area contributed by atoms with Crippen molar-refractivity contribution in [2.45, 2.75) is 30.5 Å². The van der Waals surface area contributed by atoms with E-state index in [0.717, 1.165) is 17.4 Å². The topological polar surface area (TPSA) is 102 Å². The van der Waals surface area contributed by atoms with Crippen molar-refractivity contribution in [3.8, 4) is 0 Å². The van der Waals surface area contributed by atoms with Gasteiger partial charge in [-0.15, -0.1) is 5.10 Å². The highest BCUT2D eigenvalue weighted by Gasteiger charge is 2.24. The van der Waals surface area contributed by atoms with Crippen LogP contribution in [0.1, 0.15) is 29.5 Å². The molecular weight excluding hydrogens is 378 g/mol. The number of carbonyl (C=O) groups is 1. The van der Waals surface area contributed by atoms with E-state index in [0.29, 0.717) is 19.3 Å². The molecule has 0 aliphatic rings. The number of hydrogen-bond acceptors (Lipinski definition) is 6. The van der Waals surface area contributed by atoms with E-state index in [1.54, 1.807) is 0 Å². The summed E-state index contributed by atoms with van der Waals surface area (Å²) in [6.45, 7) is 0. The number of amides is 1. The van der Waals surface area contributed by atoms with Gasteiger partial charge in [0.1, 0.15) is 6.04 Å². The number of sulfone groups is 1. The molecule has 1 aromatic heterocycles. The monoisotopic (exact) mass is 399 g/mol. The Morgan fingerprint density at radius 1 is 1.00 bits per heavy atom. The van der Waals surface area contributed by atoms with Gasteiger partial charge in [0.05, 0.1) is 0 Å². The van der Waals surface area contributed by atoms with Gasteiger partial charge in [-0.25, -0.2) is 8.42 Å². The van der Waals surface area contributed by atoms with Crippen LogP contribution in [-0.4, -0.2) is 30.8 Å². The minimum Gasteiger partial charge on any atom is -0.410 e. The van der Waals surface area contributed by atoms with Gasteiger partial charge in [-0.2, -0.15) is 0 Å². The maximum Gasteiger partial charge on any atom is 0.335 e. The Morgan fingerprint density at radius 2 is 1.61 bits per heavy atom. The maximum atomic E-state index is 12.5. The first-order chi connectivity index (χ1) is 13.4. The molecule has 0 unspecified atom stereocenters. The predicted octanol–water partition coefficient (Wildman–Crippen LogP) is 2.51. The van der Waals surface area contributed by atoms with Crippen LogP contribution in [0.4, 0.5) is 0 Å². The molecule has 8 heteroatoms. The summed E-state index contributed by atoms with van der Waals surface area (Å²) in [6, 6.07) is 18.6. The number of carbonyl (C=O) groups excluding carboxylic acids is 1. The summed E-state index contributed by atoms with van der Waals surface area (Å²) in [5, 5.41) is 9.86. The Labute approximate surface area is 163 Å². The van der Waals surface area contributed by atoms with Gasteiger partial charge in [-0.3, -0.25) is 4.79 Å². The largest absolute Gasteiger partial charge is 0.410 e. The molecule has 146 valence electrons. The molecule has 7 nitrogen and oxygen atoms in total. The molecule has 1 amide bonds. The van der Waals surface area contributed by atoms with Gasteiger partial charge in [0.15, 0.2) is 0 Å². The van der Waals surface area contributed by atoms with Gasteiger partial charge in [-0.05, 0) is 17.5 Å². The summed E-state index contributed by atoms with van der Waals surface area (Å²) < 4.78 is 28.6. The highest BCUT2D eigenvalue weighted by Crippen LogP contribution is 2.19. The predicted molar refractivity (Wildman–Crippen MR) is 103 cm³/mol. The maximum absolute atomic E-state index is 12.5. The Balaban J connectivity index is 1.74. The quantitative estimate of drug-likeness (QED) is 0.624. The normalized spacial score (nSPS) is 12.5. The molecule has 1 heterocycles. The summed E-state index contributed by atoms with van der Waals surface area (Å²) >= 11 is 0. The van der Waals surface area contributed by atoms with Crippen molar-refractivity contribution in [2.24, 2.45) is 0 Å². The molecule has 0 fully saturated rings. The fourth-order valence-corrected chi connectivity index (χ4v) is 3.16. The summed E-state index contributed by atoms with van der Waals surface area (Å²) in [5.74, 6) is -0.110. The average Bonchev–Trinajstić information content (AvgIpc) is 3.18. The zero-order valence-corrected chi connectivity index (χ0v) is 16.2. The summed E-state index contributed by atoms with van der Waals surface area (Å²) in [5.41, 5.74) is 2.02. The fourth-order valence-electron chi connectivity index (χ4n) is 2.73. The Kier molecular flexibility index (Phi) is 6.20. The molecule has 28 heavy (non-hydrogen) atoms. The van der Waals surface area contributed by atoms with Crippen LogP contribution in [0.25, 0.3) is 0 Å². The second-order valence-corrected chi connectivity index (χ2v) is 8.37. The number of nitrogens with zero attached hydrogens (tertiary/aromatic N) is 2. The van der Waals surface area contributed by atoms with Crippen molar-refractivity contribution >= 4 is 15.7 Å². The summed E-state index contributed by atoms with van der Waals surface area (Å²) in [6.07, 6.45) is 2.30. The molecule has 0 saturated carbocycles. The van der Waals surface area contributed by atoms with Gasteiger partial charge in [0.25, 0.3) is 0 Å². The number of aryl methyl sites for hydroxylation is 1. The molecule has 0 aliphatic heterocycles. The molecule has 1 N–H and O–H groups in total. The zero-order valence-electron chi connectivity index (χ0n) is 15.4. The lowest BCUT2D eigenvalue weighted by molar-refractivity contribution is -0.122. The SMILES string of the molecule is CS(=O)(=O)c1nnc([C@H](Cc2ccccc2)NC(=O)CCc2ccccc2)o1. The lowest BCUT2D eigenvalue weighted by atomic mass is 10.1. The molecule has 0 radical (unpaired) electrons. The van der Waals surface area contributed by atoms with Gasteiger partial charge < -0.3 is 9.73 Å². The van der Waals surface area contributed by atoms with Crippen LogP contribution >= 0.6 is 0 Å². The second-order valence-electron chi connectivity index (χ2n) is 6.47. The van der Waals surface area contributed by atoms with Crippen LogP contribution in [0.15, 0.2) is 70.3 Å². The van der Waals surface area contributed by atoms with Crippen LogP contribution in [0.2, 0.25) is 0 Å². The van der Waals surface area contributed by atoms with Crippen molar-refractivity contribution in [2.75, 3.05) is 6.26 Å². The standard InChI is InChI=1S/C20H21N3O4S/c1-28(25,26)20-23-22-19(27-20)17(14-16-10-6-3-7-11-16)21-18(24)13-12-15-8-4-2-5-9-15/h2-11,17H,12-14H2,1H3,(H,21,24)/t17-/m0/s1. The molecule has 0 spiro atoms. The lowest BCUT2D eigenvalue weighted by Gasteiger charge is -2.15. The number of nitrogens with one attached hydrogen (secondary N) is 1. The van der Waals surface area contributed by atoms with Crippen LogP contribution in [0, 0.1) is 0 Å². The number of rotatable bonds is 8. The molecule has 3 aromatic rings. The summed E-state index contributed by atoms with van der Waals surface area (Å²) in [7, 11) is -3.62. The van der Waals surface area contributed by atoms with E-state index >= 15 is 0 Å². The van der Waals surface area contributed by atoms with E-state index in [1.165, 1.54) is 0 Å². The van der Waals surface area contributed by atoms with Crippen molar-refractivity contribution in [1.29, 1.82) is 0 Å². The van der Waals surface area contributed by atoms with E-state index in [2.05, 4.69) is 15.5 Å². The van der Waals surface area contributed by atoms with E-state index in [1.807, 2.05) is 60.7 Å². The smallest absolute Gasteiger partial charge is 0.335 e. The van der Waals surface area contributed by atoms with Crippen LogP contribution in [-0.2, 0) is 27.5 Å². The molecule has 1 atom stereocenters. The zero-order chi connectivity index (χ0) is 20.0. The molecular formula is C20H21N3O4S. The molecule has 0 saturated heterocycles. The van der Waals surface area contributed by atoms with E-state index < -0.39 is 21.1 Å². The van der Waals surface area contributed by atoms with Crippen molar-refractivity contribution in [3.05, 3.63) is 77.7 Å². The Morgan fingerprint density at radius 3 is 2.18 bits per heavy atom. The van der Waals surface area contributed by atoms with E-state index in [4.69, 9.17) is 4.42 Å². The molecule has 0 aliphatic carbocycles. The third kappa shape index (κ3) is 5.50.